The van der Waals surface area contributed by atoms with E-state index < -0.39 is 24.1 Å². The van der Waals surface area contributed by atoms with Crippen LogP contribution in [0.3, 0.4) is 0 Å². The van der Waals surface area contributed by atoms with E-state index in [4.69, 9.17) is 10.4 Å². The van der Waals surface area contributed by atoms with Crippen LogP contribution in [0.1, 0.15) is 20.3 Å². The van der Waals surface area contributed by atoms with Crippen molar-refractivity contribution in [3.05, 3.63) is 0 Å². The predicted octanol–water partition coefficient (Wildman–Crippen LogP) is 0.108. The zero-order chi connectivity index (χ0) is 14.6. The Morgan fingerprint density at radius 2 is 2.21 bits per heavy atom. The molecule has 0 radical (unpaired) electrons. The van der Waals surface area contributed by atoms with Crippen LogP contribution >= 0.6 is 0 Å². The molecule has 0 spiro atoms. The van der Waals surface area contributed by atoms with Gasteiger partial charge in [0.25, 0.3) is 0 Å². The second-order valence-corrected chi connectivity index (χ2v) is 4.75. The largest absolute Gasteiger partial charge is 0.480 e. The molecule has 2 amide bonds. The lowest BCUT2D eigenvalue weighted by Gasteiger charge is -2.30. The summed E-state index contributed by atoms with van der Waals surface area (Å²) < 4.78 is 0. The Bertz CT molecular complexity index is 393. The van der Waals surface area contributed by atoms with Crippen molar-refractivity contribution in [1.29, 1.82) is 5.26 Å². The number of likely N-dealkylation sites (tertiary alicyclic amines) is 1. The number of hydrogen-bond donors (Lipinski definition) is 2. The summed E-state index contributed by atoms with van der Waals surface area (Å²) in [6.45, 7) is 4.13. The molecule has 7 heteroatoms. The molecular formula is C12H19N3O4. The maximum Gasteiger partial charge on any atom is 0.326 e. The zero-order valence-corrected chi connectivity index (χ0v) is 11.1. The summed E-state index contributed by atoms with van der Waals surface area (Å²) in [6.07, 6.45) is -0.760. The lowest BCUT2D eigenvalue weighted by atomic mass is 10.2. The van der Waals surface area contributed by atoms with Crippen molar-refractivity contribution in [2.24, 2.45) is 5.92 Å². The van der Waals surface area contributed by atoms with Gasteiger partial charge in [-0.25, -0.2) is 9.59 Å². The van der Waals surface area contributed by atoms with E-state index in [1.807, 2.05) is 6.07 Å². The first-order chi connectivity index (χ1) is 8.90. The lowest BCUT2D eigenvalue weighted by molar-refractivity contribution is -0.141. The zero-order valence-electron chi connectivity index (χ0n) is 11.1. The highest BCUT2D eigenvalue weighted by molar-refractivity contribution is 5.83. The number of hydrogen-bond acceptors (Lipinski definition) is 4. The van der Waals surface area contributed by atoms with E-state index in [1.54, 1.807) is 13.8 Å². The summed E-state index contributed by atoms with van der Waals surface area (Å²) in [6, 6.07) is 0.612. The first kappa shape index (κ1) is 15.2. The fourth-order valence-electron chi connectivity index (χ4n) is 2.15. The standard InChI is InChI=1S/C12H19N3O4/c1-3-14(6-8(2)5-13)12(19)15-7-9(16)4-10(15)11(17)18/h8-10,16H,3-4,6-7H2,1-2H3,(H,17,18)/t8?,9-,10+/m1/s1. The minimum absolute atomic E-state index is 0.0211. The number of carbonyl (C=O) groups excluding carboxylic acids is 1. The van der Waals surface area contributed by atoms with Gasteiger partial charge >= 0.3 is 12.0 Å². The van der Waals surface area contributed by atoms with E-state index in [-0.39, 0.29) is 25.4 Å². The molecule has 1 aliphatic rings. The van der Waals surface area contributed by atoms with Gasteiger partial charge in [-0.2, -0.15) is 5.26 Å². The topological polar surface area (TPSA) is 105 Å². The van der Waals surface area contributed by atoms with Crippen LogP contribution in [-0.2, 0) is 4.79 Å². The van der Waals surface area contributed by atoms with Crippen molar-refractivity contribution >= 4 is 12.0 Å². The van der Waals surface area contributed by atoms with Crippen molar-refractivity contribution in [2.45, 2.75) is 32.4 Å². The second-order valence-electron chi connectivity index (χ2n) is 4.75. The van der Waals surface area contributed by atoms with Gasteiger partial charge in [-0.3, -0.25) is 0 Å². The van der Waals surface area contributed by atoms with Crippen molar-refractivity contribution < 1.29 is 19.8 Å². The molecule has 0 bridgehead atoms. The molecule has 0 saturated carbocycles. The summed E-state index contributed by atoms with van der Waals surface area (Å²) in [5.41, 5.74) is 0. The lowest BCUT2D eigenvalue weighted by Crippen LogP contribution is -2.49. The summed E-state index contributed by atoms with van der Waals surface area (Å²) in [5, 5.41) is 27.4. The van der Waals surface area contributed by atoms with Crippen LogP contribution in [0.15, 0.2) is 0 Å². The summed E-state index contributed by atoms with van der Waals surface area (Å²) >= 11 is 0. The Hall–Kier alpha value is -1.81. The number of nitrogens with zero attached hydrogens (tertiary/aromatic N) is 3. The van der Waals surface area contributed by atoms with Crippen LogP contribution in [0.4, 0.5) is 4.79 Å². The van der Waals surface area contributed by atoms with E-state index >= 15 is 0 Å². The fourth-order valence-corrected chi connectivity index (χ4v) is 2.15. The normalized spacial score (nSPS) is 23.8. The SMILES string of the molecule is CCN(CC(C)C#N)C(=O)N1C[C@H](O)C[C@H]1C(=O)O. The molecule has 0 aromatic heterocycles. The molecule has 3 atom stereocenters. The van der Waals surface area contributed by atoms with Gasteiger partial charge in [-0.05, 0) is 13.8 Å². The maximum absolute atomic E-state index is 12.3. The molecule has 1 saturated heterocycles. The van der Waals surface area contributed by atoms with E-state index in [9.17, 15) is 14.7 Å². The number of aliphatic carboxylic acids is 1. The third kappa shape index (κ3) is 3.58. The Labute approximate surface area is 112 Å². The number of nitriles is 1. The molecule has 1 aliphatic heterocycles. The highest BCUT2D eigenvalue weighted by atomic mass is 16.4. The molecule has 1 unspecified atom stereocenters. The molecule has 2 N–H and O–H groups in total. The summed E-state index contributed by atoms with van der Waals surface area (Å²) in [4.78, 5) is 25.9. The molecule has 1 fully saturated rings. The molecule has 7 nitrogen and oxygen atoms in total. The van der Waals surface area contributed by atoms with Crippen molar-refractivity contribution in [1.82, 2.24) is 9.80 Å². The molecule has 0 aromatic carbocycles. The first-order valence-electron chi connectivity index (χ1n) is 6.26. The van der Waals surface area contributed by atoms with Gasteiger partial charge in [0.2, 0.25) is 0 Å². The third-order valence-electron chi connectivity index (χ3n) is 3.18. The number of urea groups is 1. The number of amides is 2. The average Bonchev–Trinajstić information content (AvgIpc) is 2.77. The summed E-state index contributed by atoms with van der Waals surface area (Å²) in [5.74, 6) is -1.44. The molecule has 19 heavy (non-hydrogen) atoms. The third-order valence-corrected chi connectivity index (χ3v) is 3.18. The van der Waals surface area contributed by atoms with Gasteiger partial charge < -0.3 is 20.0 Å². The van der Waals surface area contributed by atoms with Crippen LogP contribution < -0.4 is 0 Å². The highest BCUT2D eigenvalue weighted by Crippen LogP contribution is 2.20. The quantitative estimate of drug-likeness (QED) is 0.753. The van der Waals surface area contributed by atoms with Gasteiger partial charge in [0.05, 0.1) is 18.1 Å². The van der Waals surface area contributed by atoms with Gasteiger partial charge in [0.15, 0.2) is 0 Å². The van der Waals surface area contributed by atoms with E-state index in [1.165, 1.54) is 9.80 Å². The number of β-amino-alcohol motifs (C(OH)–C–C–N with tert-alkyl or cyclic N) is 1. The molecule has 1 heterocycles. The first-order valence-corrected chi connectivity index (χ1v) is 6.26. The minimum atomic E-state index is -1.12. The van der Waals surface area contributed by atoms with Gasteiger partial charge in [-0.15, -0.1) is 0 Å². The van der Waals surface area contributed by atoms with Crippen LogP contribution in [0.5, 0.6) is 0 Å². The number of aliphatic hydroxyl groups is 1. The van der Waals surface area contributed by atoms with E-state index in [0.29, 0.717) is 6.54 Å². The van der Waals surface area contributed by atoms with Crippen LogP contribution in [-0.4, -0.2) is 63.8 Å². The van der Waals surface area contributed by atoms with Gasteiger partial charge in [0, 0.05) is 26.1 Å². The number of rotatable bonds is 4. The predicted molar refractivity (Wildman–Crippen MR) is 66.2 cm³/mol. The Morgan fingerprint density at radius 1 is 1.58 bits per heavy atom. The van der Waals surface area contributed by atoms with Crippen LogP contribution in [0.2, 0.25) is 0 Å². The smallest absolute Gasteiger partial charge is 0.326 e. The van der Waals surface area contributed by atoms with E-state index in [2.05, 4.69) is 0 Å². The van der Waals surface area contributed by atoms with Crippen molar-refractivity contribution in [2.75, 3.05) is 19.6 Å². The Morgan fingerprint density at radius 3 is 2.68 bits per heavy atom. The highest BCUT2D eigenvalue weighted by Gasteiger charge is 2.40. The van der Waals surface area contributed by atoms with Crippen LogP contribution in [0, 0.1) is 17.2 Å². The number of carbonyl (C=O) groups is 2. The Balaban J connectivity index is 2.79. The fraction of sp³-hybridized carbons (Fsp3) is 0.750. The molecular weight excluding hydrogens is 250 g/mol. The van der Waals surface area contributed by atoms with Gasteiger partial charge in [0.1, 0.15) is 6.04 Å². The maximum atomic E-state index is 12.3. The van der Waals surface area contributed by atoms with E-state index in [0.717, 1.165) is 0 Å². The summed E-state index contributed by atoms with van der Waals surface area (Å²) in [7, 11) is 0. The van der Waals surface area contributed by atoms with Crippen molar-refractivity contribution in [3.63, 3.8) is 0 Å². The Kier molecular flexibility index (Phi) is 5.12. The second kappa shape index (κ2) is 6.38. The monoisotopic (exact) mass is 269 g/mol. The van der Waals surface area contributed by atoms with Crippen molar-refractivity contribution in [3.8, 4) is 6.07 Å². The molecule has 0 aliphatic carbocycles. The molecule has 1 rings (SSSR count). The van der Waals surface area contributed by atoms with Crippen LogP contribution in [0.25, 0.3) is 0 Å². The van der Waals surface area contributed by atoms with Gasteiger partial charge in [-0.1, -0.05) is 0 Å². The number of carboxylic acid groups (broad SMARTS) is 1. The number of carboxylic acids is 1. The molecule has 106 valence electrons. The molecule has 0 aromatic rings. The minimum Gasteiger partial charge on any atom is -0.480 e. The average molecular weight is 269 g/mol. The number of aliphatic hydroxyl groups excluding tert-OH is 1.